The van der Waals surface area contributed by atoms with Gasteiger partial charge in [-0.3, -0.25) is 4.79 Å². The Labute approximate surface area is 159 Å². The second kappa shape index (κ2) is 9.10. The summed E-state index contributed by atoms with van der Waals surface area (Å²) in [7, 11) is -3.61. The van der Waals surface area contributed by atoms with E-state index in [1.165, 1.54) is 0 Å². The molecule has 146 valence electrons. The minimum Gasteiger partial charge on any atom is -0.369 e. The molecule has 2 aromatic rings. The van der Waals surface area contributed by atoms with Crippen LogP contribution >= 0.6 is 0 Å². The number of sulfonamides is 1. The Hall–Kier alpha value is -2.25. The second-order valence-corrected chi connectivity index (χ2v) is 8.46. The van der Waals surface area contributed by atoms with Gasteiger partial charge in [0.15, 0.2) is 6.30 Å². The summed E-state index contributed by atoms with van der Waals surface area (Å²) >= 11 is 0. The summed E-state index contributed by atoms with van der Waals surface area (Å²) < 4.78 is 39.9. The number of carbonyl (C=O) groups is 1. The monoisotopic (exact) mass is 392 g/mol. The van der Waals surface area contributed by atoms with Gasteiger partial charge in [-0.2, -0.15) is 4.72 Å². The maximum atomic E-state index is 14.3. The molecule has 2 aromatic carbocycles. The van der Waals surface area contributed by atoms with E-state index < -0.39 is 22.2 Å². The van der Waals surface area contributed by atoms with Gasteiger partial charge in [0.05, 0.1) is 12.2 Å². The summed E-state index contributed by atoms with van der Waals surface area (Å²) in [6.07, 6.45) is -1.05. The lowest BCUT2D eigenvalue weighted by Gasteiger charge is -2.18. The zero-order valence-corrected chi connectivity index (χ0v) is 16.3. The van der Waals surface area contributed by atoms with Crippen LogP contribution in [0, 0.1) is 0 Å². The fourth-order valence-corrected chi connectivity index (χ4v) is 3.97. The average molecular weight is 392 g/mol. The number of carbonyl (C=O) groups excluding carboxylic acids is 1. The van der Waals surface area contributed by atoms with Crippen LogP contribution < -0.4 is 10.5 Å². The SMILES string of the molecule is CCCS(=O)(=O)NC(F)C(C)c1ccc(-c2ccc(CC(N)=O)cc2)cc1. The van der Waals surface area contributed by atoms with E-state index in [1.807, 2.05) is 36.4 Å². The Morgan fingerprint density at radius 2 is 1.59 bits per heavy atom. The fourth-order valence-electron chi connectivity index (χ4n) is 2.77. The zero-order valence-electron chi connectivity index (χ0n) is 15.5. The van der Waals surface area contributed by atoms with E-state index in [2.05, 4.69) is 4.72 Å². The third kappa shape index (κ3) is 6.15. The molecule has 0 aromatic heterocycles. The third-order valence-corrected chi connectivity index (χ3v) is 5.84. The van der Waals surface area contributed by atoms with Gasteiger partial charge in [0.25, 0.3) is 0 Å². The van der Waals surface area contributed by atoms with Gasteiger partial charge in [-0.1, -0.05) is 62.4 Å². The molecule has 0 aliphatic carbocycles. The molecule has 1 amide bonds. The molecule has 27 heavy (non-hydrogen) atoms. The first kappa shape index (κ1) is 21.1. The van der Waals surface area contributed by atoms with E-state index in [0.29, 0.717) is 12.0 Å². The van der Waals surface area contributed by atoms with Crippen molar-refractivity contribution >= 4 is 15.9 Å². The van der Waals surface area contributed by atoms with E-state index in [1.54, 1.807) is 26.0 Å². The van der Waals surface area contributed by atoms with Gasteiger partial charge in [-0.15, -0.1) is 0 Å². The van der Waals surface area contributed by atoms with Gasteiger partial charge >= 0.3 is 0 Å². The minimum atomic E-state index is -3.61. The first-order valence-electron chi connectivity index (χ1n) is 8.83. The molecule has 2 atom stereocenters. The second-order valence-electron chi connectivity index (χ2n) is 6.59. The Morgan fingerprint density at radius 1 is 1.07 bits per heavy atom. The number of halogens is 1. The van der Waals surface area contributed by atoms with Crippen LogP contribution in [0.2, 0.25) is 0 Å². The number of nitrogens with one attached hydrogen (secondary N) is 1. The number of nitrogens with two attached hydrogens (primary N) is 1. The van der Waals surface area contributed by atoms with Crippen LogP contribution in [-0.2, 0) is 21.2 Å². The van der Waals surface area contributed by atoms with Gasteiger partial charge in [0.1, 0.15) is 0 Å². The zero-order chi connectivity index (χ0) is 20.0. The quantitative estimate of drug-likeness (QED) is 0.643. The smallest absolute Gasteiger partial charge is 0.221 e. The van der Waals surface area contributed by atoms with Crippen molar-refractivity contribution in [3.05, 3.63) is 59.7 Å². The highest BCUT2D eigenvalue weighted by Gasteiger charge is 2.23. The molecule has 0 spiro atoms. The molecule has 0 heterocycles. The van der Waals surface area contributed by atoms with E-state index in [4.69, 9.17) is 5.73 Å². The molecule has 2 unspecified atom stereocenters. The molecule has 3 N–H and O–H groups in total. The van der Waals surface area contributed by atoms with Crippen LogP contribution in [0.4, 0.5) is 4.39 Å². The largest absolute Gasteiger partial charge is 0.369 e. The molecular weight excluding hydrogens is 367 g/mol. The van der Waals surface area contributed by atoms with Gasteiger partial charge in [0, 0.05) is 5.92 Å². The molecule has 0 radical (unpaired) electrons. The van der Waals surface area contributed by atoms with Gasteiger partial charge in [-0.05, 0) is 28.7 Å². The van der Waals surface area contributed by atoms with Gasteiger partial charge < -0.3 is 5.73 Å². The average Bonchev–Trinajstić information content (AvgIpc) is 2.61. The highest BCUT2D eigenvalue weighted by atomic mass is 32.2. The van der Waals surface area contributed by atoms with Crippen LogP contribution in [0.1, 0.15) is 37.3 Å². The van der Waals surface area contributed by atoms with Crippen LogP contribution in [-0.4, -0.2) is 26.4 Å². The Morgan fingerprint density at radius 3 is 2.07 bits per heavy atom. The maximum absolute atomic E-state index is 14.3. The third-order valence-electron chi connectivity index (χ3n) is 4.31. The lowest BCUT2D eigenvalue weighted by Crippen LogP contribution is -2.36. The number of alkyl halides is 1. The number of hydrogen-bond donors (Lipinski definition) is 2. The molecule has 2 rings (SSSR count). The molecule has 0 aliphatic rings. The minimum absolute atomic E-state index is 0.0924. The topological polar surface area (TPSA) is 89.3 Å². The molecule has 7 heteroatoms. The number of primary amides is 1. The summed E-state index contributed by atoms with van der Waals surface area (Å²) in [6.45, 7) is 3.38. The van der Waals surface area contributed by atoms with Crippen LogP contribution in [0.15, 0.2) is 48.5 Å². The summed E-state index contributed by atoms with van der Waals surface area (Å²) in [5.74, 6) is -1.08. The van der Waals surface area contributed by atoms with Crippen molar-refractivity contribution in [3.63, 3.8) is 0 Å². The van der Waals surface area contributed by atoms with Crippen molar-refractivity contribution in [1.29, 1.82) is 0 Å². The molecule has 0 fully saturated rings. The summed E-state index contributed by atoms with van der Waals surface area (Å²) in [5, 5.41) is 0. The van der Waals surface area contributed by atoms with Crippen LogP contribution in [0.25, 0.3) is 11.1 Å². The molecule has 0 saturated heterocycles. The summed E-state index contributed by atoms with van der Waals surface area (Å²) in [5.41, 5.74) is 8.64. The van der Waals surface area contributed by atoms with Crippen LogP contribution in [0.3, 0.4) is 0 Å². The standard InChI is InChI=1S/C20H25FN2O3S/c1-3-12-27(25,26)23-20(21)14(2)16-8-10-18(11-9-16)17-6-4-15(5-7-17)13-19(22)24/h4-11,14,20,23H,3,12-13H2,1-2H3,(H2,22,24). The molecule has 0 saturated carbocycles. The molecule has 0 aliphatic heterocycles. The van der Waals surface area contributed by atoms with E-state index in [0.717, 1.165) is 16.7 Å². The predicted octanol–water partition coefficient (Wildman–Crippen LogP) is 3.11. The van der Waals surface area contributed by atoms with Crippen molar-refractivity contribution in [3.8, 4) is 11.1 Å². The van der Waals surface area contributed by atoms with E-state index in [-0.39, 0.29) is 18.1 Å². The van der Waals surface area contributed by atoms with Crippen molar-refractivity contribution in [1.82, 2.24) is 4.72 Å². The normalized spacial score (nSPS) is 13.9. The highest BCUT2D eigenvalue weighted by molar-refractivity contribution is 7.89. The number of rotatable bonds is 9. The first-order valence-corrected chi connectivity index (χ1v) is 10.5. The Balaban J connectivity index is 2.08. The fraction of sp³-hybridized carbons (Fsp3) is 0.350. The first-order chi connectivity index (χ1) is 12.7. The molecular formula is C20H25FN2O3S. The Kier molecular flexibility index (Phi) is 7.10. The maximum Gasteiger partial charge on any atom is 0.221 e. The number of hydrogen-bond acceptors (Lipinski definition) is 3. The summed E-state index contributed by atoms with van der Waals surface area (Å²) in [4.78, 5) is 11.0. The number of amides is 1. The van der Waals surface area contributed by atoms with E-state index in [9.17, 15) is 17.6 Å². The lowest BCUT2D eigenvalue weighted by atomic mass is 9.96. The van der Waals surface area contributed by atoms with Crippen molar-refractivity contribution in [2.24, 2.45) is 5.73 Å². The van der Waals surface area contributed by atoms with E-state index >= 15 is 0 Å². The molecule has 0 bridgehead atoms. The van der Waals surface area contributed by atoms with Crippen molar-refractivity contribution < 1.29 is 17.6 Å². The molecule has 5 nitrogen and oxygen atoms in total. The highest BCUT2D eigenvalue weighted by Crippen LogP contribution is 2.25. The summed E-state index contributed by atoms with van der Waals surface area (Å²) in [6, 6.07) is 14.8. The van der Waals surface area contributed by atoms with Crippen molar-refractivity contribution in [2.75, 3.05) is 5.75 Å². The lowest BCUT2D eigenvalue weighted by molar-refractivity contribution is -0.117. The van der Waals surface area contributed by atoms with Gasteiger partial charge in [-0.25, -0.2) is 12.8 Å². The van der Waals surface area contributed by atoms with Gasteiger partial charge in [0.2, 0.25) is 15.9 Å². The predicted molar refractivity (Wildman–Crippen MR) is 105 cm³/mol. The van der Waals surface area contributed by atoms with Crippen molar-refractivity contribution in [2.45, 2.75) is 38.9 Å². The number of benzene rings is 2. The van der Waals surface area contributed by atoms with Crippen LogP contribution in [0.5, 0.6) is 0 Å². The Bertz CT molecular complexity index is 865.